The zero-order valence-corrected chi connectivity index (χ0v) is 18.6. The molecule has 10 heteroatoms. The predicted molar refractivity (Wildman–Crippen MR) is 114 cm³/mol. The summed E-state index contributed by atoms with van der Waals surface area (Å²) in [6.45, 7) is 0.789. The van der Waals surface area contributed by atoms with Crippen molar-refractivity contribution in [2.75, 3.05) is 39.9 Å². The van der Waals surface area contributed by atoms with Crippen molar-refractivity contribution in [3.8, 4) is 0 Å². The molecule has 0 spiro atoms. The van der Waals surface area contributed by atoms with E-state index < -0.39 is 22.6 Å². The lowest BCUT2D eigenvalue weighted by Gasteiger charge is -2.33. The Morgan fingerprint density at radius 3 is 2.16 bits per heavy atom. The fourth-order valence-electron chi connectivity index (χ4n) is 3.14. The highest BCUT2D eigenvalue weighted by molar-refractivity contribution is 7.89. The number of piperazine rings is 1. The molecule has 1 fully saturated rings. The summed E-state index contributed by atoms with van der Waals surface area (Å²) in [5.74, 6) is -0.964. The number of nitrogens with zero attached hydrogens (tertiary/aromatic N) is 2. The number of carbonyl (C=O) groups excluding carboxylic acids is 2. The van der Waals surface area contributed by atoms with Gasteiger partial charge in [-0.2, -0.15) is 4.31 Å². The Morgan fingerprint density at radius 2 is 1.58 bits per heavy atom. The van der Waals surface area contributed by atoms with Gasteiger partial charge in [0, 0.05) is 38.3 Å². The summed E-state index contributed by atoms with van der Waals surface area (Å²) < 4.78 is 36.9. The zero-order chi connectivity index (χ0) is 22.4. The number of amides is 1. The molecule has 1 aliphatic rings. The fraction of sp³-hybridized carbons (Fsp3) is 0.333. The van der Waals surface area contributed by atoms with Gasteiger partial charge in [0.2, 0.25) is 10.0 Å². The van der Waals surface area contributed by atoms with Gasteiger partial charge in [0.15, 0.2) is 6.61 Å². The van der Waals surface area contributed by atoms with Crippen LogP contribution in [0.2, 0.25) is 5.02 Å². The number of carbonyl (C=O) groups is 2. The third-order valence-corrected chi connectivity index (χ3v) is 7.03. The Labute approximate surface area is 186 Å². The number of halogens is 1. The molecule has 166 valence electrons. The smallest absolute Gasteiger partial charge is 0.338 e. The van der Waals surface area contributed by atoms with E-state index >= 15 is 0 Å². The first-order chi connectivity index (χ1) is 14.8. The minimum absolute atomic E-state index is 0.155. The Kier molecular flexibility index (Phi) is 7.66. The van der Waals surface area contributed by atoms with Gasteiger partial charge in [-0.1, -0.05) is 23.7 Å². The standard InChI is InChI=1S/C21H23ClN2O6S/c1-29-14-16-2-4-17(5-3-16)21(26)30-15-20(25)23-10-12-24(13-11-23)31(27,28)19-8-6-18(22)7-9-19/h2-9H,10-15H2,1H3. The Hall–Kier alpha value is -2.46. The number of ether oxygens (including phenoxy) is 2. The molecular weight excluding hydrogens is 444 g/mol. The maximum atomic E-state index is 12.7. The molecule has 3 rings (SSSR count). The molecule has 0 bridgehead atoms. The lowest BCUT2D eigenvalue weighted by Crippen LogP contribution is -2.51. The number of hydrogen-bond acceptors (Lipinski definition) is 6. The van der Waals surface area contributed by atoms with E-state index in [-0.39, 0.29) is 37.0 Å². The van der Waals surface area contributed by atoms with Gasteiger partial charge in [0.1, 0.15) is 0 Å². The van der Waals surface area contributed by atoms with E-state index in [1.165, 1.54) is 33.5 Å². The minimum atomic E-state index is -3.66. The molecular formula is C21H23ClN2O6S. The highest BCUT2D eigenvalue weighted by Gasteiger charge is 2.30. The van der Waals surface area contributed by atoms with Crippen LogP contribution >= 0.6 is 11.6 Å². The molecule has 0 saturated carbocycles. The summed E-state index contributed by atoms with van der Waals surface area (Å²) in [7, 11) is -2.07. The van der Waals surface area contributed by atoms with Crippen LogP contribution in [0.5, 0.6) is 0 Å². The summed E-state index contributed by atoms with van der Waals surface area (Å²) in [5.41, 5.74) is 1.26. The second-order valence-electron chi connectivity index (χ2n) is 6.94. The van der Waals surface area contributed by atoms with E-state index in [9.17, 15) is 18.0 Å². The van der Waals surface area contributed by atoms with Gasteiger partial charge in [-0.25, -0.2) is 13.2 Å². The molecule has 0 aliphatic carbocycles. The molecule has 1 aliphatic heterocycles. The average molecular weight is 467 g/mol. The molecule has 0 unspecified atom stereocenters. The Bertz CT molecular complexity index is 1020. The number of esters is 1. The van der Waals surface area contributed by atoms with Crippen LogP contribution in [0.3, 0.4) is 0 Å². The third kappa shape index (κ3) is 5.82. The normalized spacial score (nSPS) is 15.0. The number of sulfonamides is 1. The lowest BCUT2D eigenvalue weighted by atomic mass is 10.1. The first-order valence-electron chi connectivity index (χ1n) is 9.60. The maximum Gasteiger partial charge on any atom is 0.338 e. The summed E-state index contributed by atoms with van der Waals surface area (Å²) in [4.78, 5) is 26.2. The Morgan fingerprint density at radius 1 is 0.968 bits per heavy atom. The molecule has 1 saturated heterocycles. The van der Waals surface area contributed by atoms with Crippen molar-refractivity contribution in [1.82, 2.24) is 9.21 Å². The van der Waals surface area contributed by atoms with Crippen molar-refractivity contribution >= 4 is 33.5 Å². The molecule has 8 nitrogen and oxygen atoms in total. The van der Waals surface area contributed by atoms with Crippen molar-refractivity contribution in [2.45, 2.75) is 11.5 Å². The first-order valence-corrected chi connectivity index (χ1v) is 11.4. The zero-order valence-electron chi connectivity index (χ0n) is 17.0. The highest BCUT2D eigenvalue weighted by atomic mass is 35.5. The number of methoxy groups -OCH3 is 1. The molecule has 31 heavy (non-hydrogen) atoms. The van der Waals surface area contributed by atoms with Gasteiger partial charge in [0.25, 0.3) is 5.91 Å². The summed E-state index contributed by atoms with van der Waals surface area (Å²) in [6, 6.07) is 12.7. The van der Waals surface area contributed by atoms with E-state index in [0.717, 1.165) is 5.56 Å². The van der Waals surface area contributed by atoms with Crippen LogP contribution in [-0.2, 0) is 30.9 Å². The number of rotatable bonds is 7. The summed E-state index contributed by atoms with van der Waals surface area (Å²) in [6.07, 6.45) is 0. The molecule has 0 N–H and O–H groups in total. The van der Waals surface area contributed by atoms with Crippen LogP contribution in [-0.4, -0.2) is 69.4 Å². The van der Waals surface area contributed by atoms with Gasteiger partial charge in [0.05, 0.1) is 17.1 Å². The monoisotopic (exact) mass is 466 g/mol. The highest BCUT2D eigenvalue weighted by Crippen LogP contribution is 2.20. The van der Waals surface area contributed by atoms with Crippen LogP contribution in [0.1, 0.15) is 15.9 Å². The van der Waals surface area contributed by atoms with Crippen LogP contribution in [0.25, 0.3) is 0 Å². The van der Waals surface area contributed by atoms with E-state index in [4.69, 9.17) is 21.1 Å². The molecule has 0 radical (unpaired) electrons. The molecule has 0 aromatic heterocycles. The topological polar surface area (TPSA) is 93.2 Å². The molecule has 2 aromatic carbocycles. The lowest BCUT2D eigenvalue weighted by molar-refractivity contribution is -0.135. The third-order valence-electron chi connectivity index (χ3n) is 4.87. The van der Waals surface area contributed by atoms with E-state index in [1.807, 2.05) is 0 Å². The number of hydrogen-bond donors (Lipinski definition) is 0. The Balaban J connectivity index is 1.49. The molecule has 1 heterocycles. The second-order valence-corrected chi connectivity index (χ2v) is 9.32. The van der Waals surface area contributed by atoms with Gasteiger partial charge in [-0.15, -0.1) is 0 Å². The molecule has 2 aromatic rings. The van der Waals surface area contributed by atoms with Crippen LogP contribution in [0.4, 0.5) is 0 Å². The van der Waals surface area contributed by atoms with Crippen molar-refractivity contribution in [3.63, 3.8) is 0 Å². The van der Waals surface area contributed by atoms with E-state index in [0.29, 0.717) is 17.2 Å². The summed E-state index contributed by atoms with van der Waals surface area (Å²) in [5, 5.41) is 0.454. The van der Waals surface area contributed by atoms with Crippen molar-refractivity contribution < 1.29 is 27.5 Å². The molecule has 0 atom stereocenters. The van der Waals surface area contributed by atoms with Crippen LogP contribution in [0, 0.1) is 0 Å². The first kappa shape index (κ1) is 23.2. The van der Waals surface area contributed by atoms with E-state index in [1.54, 1.807) is 31.4 Å². The van der Waals surface area contributed by atoms with Crippen molar-refractivity contribution in [2.24, 2.45) is 0 Å². The van der Waals surface area contributed by atoms with Crippen molar-refractivity contribution in [1.29, 1.82) is 0 Å². The van der Waals surface area contributed by atoms with Crippen LogP contribution in [0.15, 0.2) is 53.4 Å². The SMILES string of the molecule is COCc1ccc(C(=O)OCC(=O)N2CCN(S(=O)(=O)c3ccc(Cl)cc3)CC2)cc1. The van der Waals surface area contributed by atoms with Gasteiger partial charge < -0.3 is 14.4 Å². The maximum absolute atomic E-state index is 12.7. The van der Waals surface area contributed by atoms with Crippen LogP contribution < -0.4 is 0 Å². The van der Waals surface area contributed by atoms with Crippen molar-refractivity contribution in [3.05, 3.63) is 64.7 Å². The fourth-order valence-corrected chi connectivity index (χ4v) is 4.69. The quantitative estimate of drug-likeness (QED) is 0.580. The number of benzene rings is 2. The van der Waals surface area contributed by atoms with Gasteiger partial charge >= 0.3 is 5.97 Å². The second kappa shape index (κ2) is 10.2. The predicted octanol–water partition coefficient (Wildman–Crippen LogP) is 2.18. The average Bonchev–Trinajstić information content (AvgIpc) is 2.78. The summed E-state index contributed by atoms with van der Waals surface area (Å²) >= 11 is 5.82. The largest absolute Gasteiger partial charge is 0.452 e. The van der Waals surface area contributed by atoms with E-state index in [2.05, 4.69) is 0 Å². The minimum Gasteiger partial charge on any atom is -0.452 e. The molecule has 1 amide bonds. The van der Waals surface area contributed by atoms with Gasteiger partial charge in [-0.05, 0) is 42.0 Å². The van der Waals surface area contributed by atoms with Gasteiger partial charge in [-0.3, -0.25) is 4.79 Å².